The Balaban J connectivity index is 1.66. The molecule has 1 aliphatic rings. The van der Waals surface area contributed by atoms with Crippen molar-refractivity contribution < 1.29 is 35.9 Å². The molecule has 1 saturated carbocycles. The van der Waals surface area contributed by atoms with E-state index in [-0.39, 0.29) is 48.6 Å². The van der Waals surface area contributed by atoms with Gasteiger partial charge in [0.1, 0.15) is 0 Å². The Labute approximate surface area is 199 Å². The van der Waals surface area contributed by atoms with Crippen LogP contribution in [0, 0.1) is 5.92 Å². The molecule has 35 heavy (non-hydrogen) atoms. The van der Waals surface area contributed by atoms with E-state index in [1.807, 2.05) is 18.2 Å². The zero-order valence-electron chi connectivity index (χ0n) is 19.0. The first-order chi connectivity index (χ1) is 16.4. The highest BCUT2D eigenvalue weighted by molar-refractivity contribution is 5.78. The lowest BCUT2D eigenvalue weighted by molar-refractivity contribution is -0.143. The minimum atomic E-state index is -4.92. The van der Waals surface area contributed by atoms with Crippen molar-refractivity contribution in [3.63, 3.8) is 0 Å². The van der Waals surface area contributed by atoms with Gasteiger partial charge < -0.3 is 15.8 Å². The van der Waals surface area contributed by atoms with Gasteiger partial charge in [0.15, 0.2) is 0 Å². The molecule has 0 saturated heterocycles. The molecule has 1 fully saturated rings. The van der Waals surface area contributed by atoms with Gasteiger partial charge in [-0.3, -0.25) is 4.79 Å². The first-order valence-corrected chi connectivity index (χ1v) is 11.4. The number of hydrogen-bond acceptors (Lipinski definition) is 3. The van der Waals surface area contributed by atoms with Gasteiger partial charge in [-0.25, -0.2) is 0 Å². The van der Waals surface area contributed by atoms with Crippen LogP contribution in [-0.2, 0) is 28.5 Å². The number of amides is 1. The van der Waals surface area contributed by atoms with E-state index < -0.39 is 30.1 Å². The Morgan fingerprint density at radius 1 is 0.943 bits per heavy atom. The Morgan fingerprint density at radius 3 is 2.06 bits per heavy atom. The van der Waals surface area contributed by atoms with Crippen LogP contribution in [0.5, 0.6) is 0 Å². The van der Waals surface area contributed by atoms with Gasteiger partial charge in [-0.05, 0) is 55.0 Å². The molecule has 0 radical (unpaired) electrons. The van der Waals surface area contributed by atoms with Gasteiger partial charge in [-0.1, -0.05) is 30.3 Å². The highest BCUT2D eigenvalue weighted by atomic mass is 19.4. The smallest absolute Gasteiger partial charge is 0.376 e. The molecule has 2 aromatic carbocycles. The molecule has 1 aliphatic carbocycles. The fourth-order valence-electron chi connectivity index (χ4n) is 4.17. The van der Waals surface area contributed by atoms with Gasteiger partial charge in [0.2, 0.25) is 5.91 Å². The monoisotopic (exact) mass is 502 g/mol. The van der Waals surface area contributed by atoms with Crippen LogP contribution < -0.4 is 11.1 Å². The van der Waals surface area contributed by atoms with Gasteiger partial charge in [0.25, 0.3) is 0 Å². The zero-order valence-corrected chi connectivity index (χ0v) is 19.0. The van der Waals surface area contributed by atoms with Crippen molar-refractivity contribution in [1.82, 2.24) is 5.32 Å². The number of nitrogens with one attached hydrogen (secondary N) is 1. The van der Waals surface area contributed by atoms with E-state index in [0.29, 0.717) is 25.0 Å². The Hall–Kier alpha value is -2.59. The van der Waals surface area contributed by atoms with Crippen LogP contribution in [0.15, 0.2) is 48.5 Å². The van der Waals surface area contributed by atoms with Crippen LogP contribution in [0.25, 0.3) is 0 Å². The molecule has 3 rings (SSSR count). The van der Waals surface area contributed by atoms with E-state index in [2.05, 4.69) is 5.32 Å². The van der Waals surface area contributed by atoms with E-state index in [9.17, 15) is 31.1 Å². The number of benzene rings is 2. The van der Waals surface area contributed by atoms with Crippen LogP contribution in [0.2, 0.25) is 0 Å². The Bertz CT molecular complexity index is 938. The molecule has 3 N–H and O–H groups in total. The second-order valence-corrected chi connectivity index (χ2v) is 8.89. The first-order valence-electron chi connectivity index (χ1n) is 11.4. The predicted octanol–water partition coefficient (Wildman–Crippen LogP) is 5.66. The number of rotatable bonds is 8. The molecule has 0 heterocycles. The summed E-state index contributed by atoms with van der Waals surface area (Å²) < 4.78 is 84.2. The van der Waals surface area contributed by atoms with Crippen LogP contribution in [0.3, 0.4) is 0 Å². The van der Waals surface area contributed by atoms with Gasteiger partial charge >= 0.3 is 12.4 Å². The molecule has 0 aromatic heterocycles. The largest absolute Gasteiger partial charge is 0.416 e. The number of hydrogen-bond donors (Lipinski definition) is 2. The number of halogens is 6. The quantitative estimate of drug-likeness (QED) is 0.458. The molecule has 4 nitrogen and oxygen atoms in total. The topological polar surface area (TPSA) is 64.4 Å². The third-order valence-electron chi connectivity index (χ3n) is 6.17. The van der Waals surface area contributed by atoms with Crippen molar-refractivity contribution in [2.75, 3.05) is 13.2 Å². The maximum Gasteiger partial charge on any atom is 0.416 e. The summed E-state index contributed by atoms with van der Waals surface area (Å²) in [5, 5.41) is 2.92. The van der Waals surface area contributed by atoms with Crippen molar-refractivity contribution in [3.05, 3.63) is 70.8 Å². The number of carbonyl (C=O) groups is 1. The summed E-state index contributed by atoms with van der Waals surface area (Å²) in [6.45, 7) is -0.218. The lowest BCUT2D eigenvalue weighted by Crippen LogP contribution is -2.38. The van der Waals surface area contributed by atoms with Crippen molar-refractivity contribution in [2.45, 2.75) is 56.6 Å². The second-order valence-electron chi connectivity index (χ2n) is 8.89. The highest BCUT2D eigenvalue weighted by Crippen LogP contribution is 2.36. The van der Waals surface area contributed by atoms with Crippen molar-refractivity contribution in [1.29, 1.82) is 0 Å². The van der Waals surface area contributed by atoms with Crippen LogP contribution in [0.4, 0.5) is 26.3 Å². The van der Waals surface area contributed by atoms with Gasteiger partial charge in [-0.2, -0.15) is 26.3 Å². The molecule has 192 valence electrons. The van der Waals surface area contributed by atoms with Crippen molar-refractivity contribution >= 4 is 5.91 Å². The summed E-state index contributed by atoms with van der Waals surface area (Å²) >= 11 is 0. The van der Waals surface area contributed by atoms with E-state index in [1.54, 1.807) is 12.1 Å². The number of ether oxygens (including phenoxy) is 1. The number of alkyl halides is 6. The van der Waals surface area contributed by atoms with E-state index in [0.717, 1.165) is 18.4 Å². The summed E-state index contributed by atoms with van der Waals surface area (Å²) in [5.41, 5.74) is 3.72. The predicted molar refractivity (Wildman–Crippen MR) is 118 cm³/mol. The SMILES string of the molecule is NC1CCC(C(=O)NCC(COCc2cc(C(F)(F)F)cc(C(F)(F)F)c2)c2ccccc2)CC1. The summed E-state index contributed by atoms with van der Waals surface area (Å²) in [5.74, 6) is -0.553. The third-order valence-corrected chi connectivity index (χ3v) is 6.17. The minimum absolute atomic E-state index is 0.00255. The first kappa shape index (κ1) is 27.0. The lowest BCUT2D eigenvalue weighted by atomic mass is 9.86. The molecular formula is C25H28F6N2O2. The summed E-state index contributed by atoms with van der Waals surface area (Å²) in [6, 6.07) is 10.6. The molecule has 0 aliphatic heterocycles. The number of carbonyl (C=O) groups excluding carboxylic acids is 1. The van der Waals surface area contributed by atoms with E-state index in [4.69, 9.17) is 10.5 Å². The van der Waals surface area contributed by atoms with Crippen LogP contribution >= 0.6 is 0 Å². The van der Waals surface area contributed by atoms with Crippen LogP contribution in [0.1, 0.15) is 53.9 Å². The molecule has 0 spiro atoms. The highest BCUT2D eigenvalue weighted by Gasteiger charge is 2.37. The van der Waals surface area contributed by atoms with Crippen molar-refractivity contribution in [2.24, 2.45) is 11.7 Å². The lowest BCUT2D eigenvalue weighted by Gasteiger charge is -2.26. The van der Waals surface area contributed by atoms with Gasteiger partial charge in [-0.15, -0.1) is 0 Å². The van der Waals surface area contributed by atoms with Gasteiger partial charge in [0, 0.05) is 24.4 Å². The summed E-state index contributed by atoms with van der Waals surface area (Å²) in [7, 11) is 0. The van der Waals surface area contributed by atoms with Crippen molar-refractivity contribution in [3.8, 4) is 0 Å². The minimum Gasteiger partial charge on any atom is -0.376 e. The van der Waals surface area contributed by atoms with Gasteiger partial charge in [0.05, 0.1) is 24.3 Å². The fourth-order valence-corrected chi connectivity index (χ4v) is 4.17. The maximum absolute atomic E-state index is 13.1. The molecule has 1 unspecified atom stereocenters. The maximum atomic E-state index is 13.1. The molecule has 1 atom stereocenters. The average Bonchev–Trinajstić information content (AvgIpc) is 2.80. The molecule has 10 heteroatoms. The molecular weight excluding hydrogens is 474 g/mol. The van der Waals surface area contributed by atoms with Crippen LogP contribution in [-0.4, -0.2) is 25.1 Å². The molecule has 1 amide bonds. The second kappa shape index (κ2) is 11.4. The molecule has 0 bridgehead atoms. The summed E-state index contributed by atoms with van der Waals surface area (Å²) in [4.78, 5) is 12.6. The zero-order chi connectivity index (χ0) is 25.6. The standard InChI is InChI=1S/C25H28F6N2O2/c26-24(27,28)20-10-16(11-21(12-20)25(29,30)31)14-35-15-19(17-4-2-1-3-5-17)13-33-23(34)18-6-8-22(32)9-7-18/h1-5,10-12,18-19,22H,6-9,13-15,32H2,(H,33,34). The molecule has 2 aromatic rings. The average molecular weight is 502 g/mol. The van der Waals surface area contributed by atoms with E-state index >= 15 is 0 Å². The fraction of sp³-hybridized carbons (Fsp3) is 0.480. The Kier molecular flexibility index (Phi) is 8.82. The van der Waals surface area contributed by atoms with E-state index in [1.165, 1.54) is 0 Å². The Morgan fingerprint density at radius 2 is 1.51 bits per heavy atom. The normalized spacial score (nSPS) is 19.9. The third kappa shape index (κ3) is 7.96. The number of nitrogens with two attached hydrogens (primary N) is 1. The summed E-state index contributed by atoms with van der Waals surface area (Å²) in [6.07, 6.45) is -6.88.